The molecule has 1 aromatic carbocycles. The number of methoxy groups -OCH3 is 1. The molecule has 1 heterocycles. The number of rotatable bonds is 12. The van der Waals surface area contributed by atoms with Crippen molar-refractivity contribution in [1.29, 1.82) is 0 Å². The third-order valence-electron chi connectivity index (χ3n) is 6.27. The van der Waals surface area contributed by atoms with E-state index in [-0.39, 0.29) is 12.1 Å². The van der Waals surface area contributed by atoms with E-state index in [1.54, 1.807) is 42.4 Å². The molecule has 0 aromatic heterocycles. The van der Waals surface area contributed by atoms with Gasteiger partial charge in [0.25, 0.3) is 0 Å². The summed E-state index contributed by atoms with van der Waals surface area (Å²) in [5.74, 6) is 0. The second-order valence-corrected chi connectivity index (χ2v) is 11.2. The number of halogens is 1. The maximum Gasteiger partial charge on any atom is 0.168 e. The topological polar surface area (TPSA) is 105 Å². The summed E-state index contributed by atoms with van der Waals surface area (Å²) in [6.45, 7) is 2.01. The number of hydrogen-bond acceptors (Lipinski definition) is 8. The van der Waals surface area contributed by atoms with E-state index in [2.05, 4.69) is 4.90 Å². The molecule has 0 amide bonds. The molecule has 1 fully saturated rings. The van der Waals surface area contributed by atoms with E-state index in [1.165, 1.54) is 13.2 Å². The lowest BCUT2D eigenvalue weighted by molar-refractivity contribution is -0.173. The Morgan fingerprint density at radius 2 is 1.97 bits per heavy atom. The molecule has 0 saturated carbocycles. The smallest absolute Gasteiger partial charge is 0.168 e. The standard InChI is InChI=1S/C25H40FN3O5S/c1-18-14-22(15-24(30)34-18)28(2)12-10-21(27)17-29(3)23(16-26)25(33-4)20-8-6-19(7-9-20)11-13-35(5,31)32/h6-9,11,13,17-18,22-25,30H,10,12,14-16,27H2,1-5H3/b13-11+,21-17-/t18-,22+,23-,24-,25-/m1/s1. The van der Waals surface area contributed by atoms with Gasteiger partial charge in [0.2, 0.25) is 0 Å². The van der Waals surface area contributed by atoms with Crippen LogP contribution < -0.4 is 5.73 Å². The summed E-state index contributed by atoms with van der Waals surface area (Å²) in [6, 6.07) is 6.76. The van der Waals surface area contributed by atoms with Gasteiger partial charge in [-0.1, -0.05) is 24.3 Å². The van der Waals surface area contributed by atoms with Crippen molar-refractivity contribution < 1.29 is 27.4 Å². The van der Waals surface area contributed by atoms with Crippen LogP contribution in [0.4, 0.5) is 4.39 Å². The van der Waals surface area contributed by atoms with Crippen molar-refractivity contribution in [3.05, 3.63) is 52.7 Å². The molecule has 10 heteroatoms. The first-order valence-electron chi connectivity index (χ1n) is 11.7. The monoisotopic (exact) mass is 513 g/mol. The van der Waals surface area contributed by atoms with Crippen LogP contribution in [0.3, 0.4) is 0 Å². The Kier molecular flexibility index (Phi) is 11.2. The van der Waals surface area contributed by atoms with Crippen molar-refractivity contribution in [2.45, 2.75) is 56.8 Å². The van der Waals surface area contributed by atoms with E-state index in [0.29, 0.717) is 25.1 Å². The average Bonchev–Trinajstić information content (AvgIpc) is 2.78. The van der Waals surface area contributed by atoms with Crippen molar-refractivity contribution in [2.75, 3.05) is 40.7 Å². The first-order valence-corrected chi connectivity index (χ1v) is 13.7. The van der Waals surface area contributed by atoms with Gasteiger partial charge >= 0.3 is 0 Å². The molecular formula is C25H40FN3O5S. The fourth-order valence-electron chi connectivity index (χ4n) is 4.28. The van der Waals surface area contributed by atoms with Crippen LogP contribution >= 0.6 is 0 Å². The van der Waals surface area contributed by atoms with Gasteiger partial charge in [-0.3, -0.25) is 0 Å². The third kappa shape index (κ3) is 9.53. The predicted octanol–water partition coefficient (Wildman–Crippen LogP) is 2.67. The number of likely N-dealkylation sites (N-methyl/N-ethyl adjacent to an activating group) is 1. The summed E-state index contributed by atoms with van der Waals surface area (Å²) in [7, 11) is 2.09. The molecule has 3 N–H and O–H groups in total. The molecule has 0 aliphatic carbocycles. The van der Waals surface area contributed by atoms with Gasteiger partial charge < -0.3 is 30.1 Å². The lowest BCUT2D eigenvalue weighted by Crippen LogP contribution is -2.43. The number of aliphatic hydroxyl groups excluding tert-OH is 1. The first-order chi connectivity index (χ1) is 16.4. The van der Waals surface area contributed by atoms with Crippen molar-refractivity contribution in [2.24, 2.45) is 5.73 Å². The Hall–Kier alpha value is -1.98. The zero-order valence-electron chi connectivity index (χ0n) is 21.3. The van der Waals surface area contributed by atoms with Gasteiger partial charge in [-0.2, -0.15) is 0 Å². The Morgan fingerprint density at radius 3 is 2.51 bits per heavy atom. The van der Waals surface area contributed by atoms with Gasteiger partial charge in [-0.15, -0.1) is 0 Å². The highest BCUT2D eigenvalue weighted by Crippen LogP contribution is 2.26. The SMILES string of the molecule is CO[C@H](c1ccc(/C=C/S(C)(=O)=O)cc1)[C@@H](CF)N(C)/C=C(\N)CCN(C)[C@H]1C[C@@H](C)O[C@@H](O)C1. The number of hydrogen-bond donors (Lipinski definition) is 2. The van der Waals surface area contributed by atoms with Gasteiger partial charge in [-0.25, -0.2) is 12.8 Å². The highest BCUT2D eigenvalue weighted by atomic mass is 32.2. The zero-order valence-corrected chi connectivity index (χ0v) is 22.1. The van der Waals surface area contributed by atoms with Crippen molar-refractivity contribution in [3.63, 3.8) is 0 Å². The molecule has 2 rings (SSSR count). The molecule has 1 aliphatic rings. The molecule has 198 valence electrons. The summed E-state index contributed by atoms with van der Waals surface area (Å²) >= 11 is 0. The number of alkyl halides is 1. The van der Waals surface area contributed by atoms with Crippen LogP contribution in [0.25, 0.3) is 6.08 Å². The van der Waals surface area contributed by atoms with Crippen molar-refractivity contribution >= 4 is 15.9 Å². The Balaban J connectivity index is 2.02. The van der Waals surface area contributed by atoms with E-state index >= 15 is 0 Å². The predicted molar refractivity (Wildman–Crippen MR) is 137 cm³/mol. The summed E-state index contributed by atoms with van der Waals surface area (Å²) in [5, 5.41) is 11.0. The minimum Gasteiger partial charge on any atom is -0.401 e. The molecule has 0 spiro atoms. The van der Waals surface area contributed by atoms with Gasteiger partial charge in [0.15, 0.2) is 16.1 Å². The molecule has 0 radical (unpaired) electrons. The average molecular weight is 514 g/mol. The normalized spacial score (nSPS) is 23.5. The Labute approximate surface area is 209 Å². The van der Waals surface area contributed by atoms with E-state index in [0.717, 1.165) is 29.2 Å². The lowest BCUT2D eigenvalue weighted by atomic mass is 10.0. The molecule has 1 saturated heterocycles. The van der Waals surface area contributed by atoms with Crippen molar-refractivity contribution in [3.8, 4) is 0 Å². The van der Waals surface area contributed by atoms with Gasteiger partial charge in [0, 0.05) is 63.1 Å². The molecule has 0 bridgehead atoms. The molecule has 1 aromatic rings. The highest BCUT2D eigenvalue weighted by molar-refractivity contribution is 7.93. The van der Waals surface area contributed by atoms with E-state index < -0.39 is 34.9 Å². The van der Waals surface area contributed by atoms with Crippen LogP contribution in [0.15, 0.2) is 41.6 Å². The number of sulfone groups is 1. The highest BCUT2D eigenvalue weighted by Gasteiger charge is 2.29. The van der Waals surface area contributed by atoms with Gasteiger partial charge in [0.05, 0.1) is 12.1 Å². The van der Waals surface area contributed by atoms with Crippen LogP contribution in [-0.2, 0) is 19.3 Å². The molecular weight excluding hydrogens is 473 g/mol. The number of aliphatic hydroxyl groups is 1. The molecule has 8 nitrogen and oxygen atoms in total. The quantitative estimate of drug-likeness (QED) is 0.440. The third-order valence-corrected chi connectivity index (χ3v) is 6.90. The first kappa shape index (κ1) is 29.3. The lowest BCUT2D eigenvalue weighted by Gasteiger charge is -2.36. The fourth-order valence-corrected chi connectivity index (χ4v) is 4.68. The minimum atomic E-state index is -3.21. The fraction of sp³-hybridized carbons (Fsp3) is 0.600. The second kappa shape index (κ2) is 13.4. The molecule has 0 unspecified atom stereocenters. The van der Waals surface area contributed by atoms with Crippen LogP contribution in [0, 0.1) is 0 Å². The number of ether oxygens (including phenoxy) is 2. The van der Waals surface area contributed by atoms with Crippen LogP contribution in [0.5, 0.6) is 0 Å². The number of nitrogens with zero attached hydrogens (tertiary/aromatic N) is 2. The summed E-state index contributed by atoms with van der Waals surface area (Å²) < 4.78 is 47.8. The summed E-state index contributed by atoms with van der Waals surface area (Å²) in [6.07, 6.45) is 5.11. The zero-order chi connectivity index (χ0) is 26.2. The van der Waals surface area contributed by atoms with E-state index in [9.17, 15) is 17.9 Å². The largest absolute Gasteiger partial charge is 0.401 e. The van der Waals surface area contributed by atoms with Gasteiger partial charge in [-0.05, 0) is 37.6 Å². The van der Waals surface area contributed by atoms with E-state index in [1.807, 2.05) is 14.0 Å². The number of nitrogens with two attached hydrogens (primary N) is 1. The maximum absolute atomic E-state index is 14.1. The minimum absolute atomic E-state index is 0.00582. The Morgan fingerprint density at radius 1 is 1.31 bits per heavy atom. The van der Waals surface area contributed by atoms with Crippen molar-refractivity contribution in [1.82, 2.24) is 9.80 Å². The maximum atomic E-state index is 14.1. The Bertz CT molecular complexity index is 944. The summed E-state index contributed by atoms with van der Waals surface area (Å²) in [5.41, 5.74) is 8.38. The number of benzene rings is 1. The van der Waals surface area contributed by atoms with Gasteiger partial charge in [0.1, 0.15) is 12.8 Å². The van der Waals surface area contributed by atoms with Crippen LogP contribution in [-0.4, -0.2) is 88.5 Å². The van der Waals surface area contributed by atoms with E-state index in [4.69, 9.17) is 15.2 Å². The van der Waals surface area contributed by atoms with Crippen LogP contribution in [0.1, 0.15) is 43.4 Å². The second-order valence-electron chi connectivity index (χ2n) is 9.30. The molecule has 1 aliphatic heterocycles. The van der Waals surface area contributed by atoms with Crippen LogP contribution in [0.2, 0.25) is 0 Å². The summed E-state index contributed by atoms with van der Waals surface area (Å²) in [4.78, 5) is 3.91. The molecule has 35 heavy (non-hydrogen) atoms. The molecule has 5 atom stereocenters.